The SMILES string of the molecule is CC(=O)N(C)[C@H]1[C@H]2[C@@H]3CCN2C[C@H]1O3. The highest BCUT2D eigenvalue weighted by molar-refractivity contribution is 5.73. The molecule has 0 saturated carbocycles. The van der Waals surface area contributed by atoms with Gasteiger partial charge in [0.2, 0.25) is 5.91 Å². The molecule has 4 heteroatoms. The number of carbonyl (C=O) groups excluding carboxylic acids is 1. The summed E-state index contributed by atoms with van der Waals surface area (Å²) in [6.07, 6.45) is 1.80. The van der Waals surface area contributed by atoms with E-state index in [1.807, 2.05) is 11.9 Å². The minimum atomic E-state index is 0.151. The summed E-state index contributed by atoms with van der Waals surface area (Å²) >= 11 is 0. The van der Waals surface area contributed by atoms with Crippen LogP contribution in [0, 0.1) is 0 Å². The van der Waals surface area contributed by atoms with E-state index < -0.39 is 0 Å². The fourth-order valence-corrected chi connectivity index (χ4v) is 3.24. The van der Waals surface area contributed by atoms with E-state index in [1.165, 1.54) is 0 Å². The zero-order chi connectivity index (χ0) is 9.87. The third-order valence-electron chi connectivity index (χ3n) is 3.94. The van der Waals surface area contributed by atoms with Gasteiger partial charge in [0.15, 0.2) is 0 Å². The highest BCUT2D eigenvalue weighted by Crippen LogP contribution is 2.41. The molecule has 3 rings (SSSR count). The summed E-state index contributed by atoms with van der Waals surface area (Å²) < 4.78 is 5.90. The van der Waals surface area contributed by atoms with Crippen molar-refractivity contribution >= 4 is 5.91 Å². The van der Waals surface area contributed by atoms with Crippen LogP contribution in [0.15, 0.2) is 0 Å². The molecule has 78 valence electrons. The summed E-state index contributed by atoms with van der Waals surface area (Å²) in [6.45, 7) is 3.80. The van der Waals surface area contributed by atoms with Crippen molar-refractivity contribution in [2.45, 2.75) is 37.6 Å². The quantitative estimate of drug-likeness (QED) is 0.576. The van der Waals surface area contributed by atoms with Crippen LogP contribution < -0.4 is 0 Å². The van der Waals surface area contributed by atoms with Crippen LogP contribution >= 0.6 is 0 Å². The summed E-state index contributed by atoms with van der Waals surface area (Å²) in [5.41, 5.74) is 0. The smallest absolute Gasteiger partial charge is 0.219 e. The molecule has 3 aliphatic rings. The van der Waals surface area contributed by atoms with Crippen molar-refractivity contribution < 1.29 is 9.53 Å². The van der Waals surface area contributed by atoms with Gasteiger partial charge in [0.1, 0.15) is 0 Å². The topological polar surface area (TPSA) is 32.8 Å². The molecule has 3 fully saturated rings. The van der Waals surface area contributed by atoms with E-state index in [0.717, 1.165) is 19.5 Å². The summed E-state index contributed by atoms with van der Waals surface area (Å²) in [7, 11) is 1.90. The number of hydrogen-bond acceptors (Lipinski definition) is 3. The zero-order valence-corrected chi connectivity index (χ0v) is 8.64. The number of likely N-dealkylation sites (N-methyl/N-ethyl adjacent to an activating group) is 1. The number of nitrogens with zero attached hydrogens (tertiary/aromatic N) is 2. The molecule has 0 radical (unpaired) electrons. The van der Waals surface area contributed by atoms with Gasteiger partial charge in [-0.05, 0) is 6.42 Å². The second-order valence-corrected chi connectivity index (χ2v) is 4.61. The molecule has 0 unspecified atom stereocenters. The minimum absolute atomic E-state index is 0.151. The van der Waals surface area contributed by atoms with Crippen molar-refractivity contribution in [1.82, 2.24) is 9.80 Å². The first-order valence-corrected chi connectivity index (χ1v) is 5.31. The lowest BCUT2D eigenvalue weighted by Gasteiger charge is -2.26. The maximum Gasteiger partial charge on any atom is 0.219 e. The second kappa shape index (κ2) is 2.70. The maximum absolute atomic E-state index is 11.3. The number of fused-ring (bicyclic) bond motifs is 1. The van der Waals surface area contributed by atoms with E-state index in [1.54, 1.807) is 6.92 Å². The van der Waals surface area contributed by atoms with E-state index in [2.05, 4.69) is 4.90 Å². The lowest BCUT2D eigenvalue weighted by molar-refractivity contribution is -0.130. The Kier molecular flexibility index (Phi) is 1.67. The molecule has 0 aliphatic carbocycles. The number of morpholine rings is 1. The number of carbonyl (C=O) groups is 1. The van der Waals surface area contributed by atoms with Gasteiger partial charge in [-0.1, -0.05) is 0 Å². The molecule has 3 heterocycles. The predicted octanol–water partition coefficient (Wildman–Crippen LogP) is -0.311. The van der Waals surface area contributed by atoms with Crippen LogP contribution in [0.4, 0.5) is 0 Å². The Bertz CT molecular complexity index is 267. The largest absolute Gasteiger partial charge is 0.370 e. The highest BCUT2D eigenvalue weighted by Gasteiger charge is 2.58. The summed E-state index contributed by atoms with van der Waals surface area (Å²) in [4.78, 5) is 15.7. The molecule has 1 amide bonds. The van der Waals surface area contributed by atoms with Gasteiger partial charge in [0, 0.05) is 27.1 Å². The molecule has 0 aromatic carbocycles. The lowest BCUT2D eigenvalue weighted by Crippen LogP contribution is -2.45. The van der Waals surface area contributed by atoms with Gasteiger partial charge in [-0.3, -0.25) is 9.69 Å². The number of rotatable bonds is 1. The Morgan fingerprint density at radius 1 is 1.50 bits per heavy atom. The molecule has 0 aromatic heterocycles. The van der Waals surface area contributed by atoms with E-state index in [0.29, 0.717) is 18.2 Å². The molecule has 3 aliphatic heterocycles. The van der Waals surface area contributed by atoms with Crippen molar-refractivity contribution in [2.24, 2.45) is 0 Å². The molecule has 4 nitrogen and oxygen atoms in total. The Labute approximate surface area is 83.8 Å². The average Bonchev–Trinajstić information content (AvgIpc) is 2.70. The molecule has 3 saturated heterocycles. The normalized spacial score (nSPS) is 44.7. The highest BCUT2D eigenvalue weighted by atomic mass is 16.5. The summed E-state index contributed by atoms with van der Waals surface area (Å²) in [6, 6.07) is 0.786. The van der Waals surface area contributed by atoms with Crippen molar-refractivity contribution in [1.29, 1.82) is 0 Å². The van der Waals surface area contributed by atoms with Crippen LogP contribution in [-0.4, -0.2) is 60.1 Å². The molecule has 0 aromatic rings. The van der Waals surface area contributed by atoms with Crippen molar-refractivity contribution in [2.75, 3.05) is 20.1 Å². The van der Waals surface area contributed by atoms with Crippen LogP contribution in [0.25, 0.3) is 0 Å². The van der Waals surface area contributed by atoms with Gasteiger partial charge in [-0.25, -0.2) is 0 Å². The Morgan fingerprint density at radius 3 is 2.93 bits per heavy atom. The molecular formula is C10H16N2O2. The van der Waals surface area contributed by atoms with Gasteiger partial charge in [0.25, 0.3) is 0 Å². The summed E-state index contributed by atoms with van der Waals surface area (Å²) in [5, 5.41) is 0. The fourth-order valence-electron chi connectivity index (χ4n) is 3.24. The zero-order valence-electron chi connectivity index (χ0n) is 8.64. The third-order valence-corrected chi connectivity index (χ3v) is 3.94. The Hall–Kier alpha value is -0.610. The first-order chi connectivity index (χ1) is 6.68. The number of hydrogen-bond donors (Lipinski definition) is 0. The molecular weight excluding hydrogens is 180 g/mol. The molecule has 0 spiro atoms. The standard InChI is InChI=1S/C10H16N2O2/c1-6(13)11(2)9-8-5-12-4-3-7(14-8)10(9)12/h7-10H,3-5H2,1-2H3/t7-,8+,9+,10+/m0/s1. The van der Waals surface area contributed by atoms with Crippen molar-refractivity contribution in [3.63, 3.8) is 0 Å². The summed E-state index contributed by atoms with van der Waals surface area (Å²) in [5.74, 6) is 0.151. The second-order valence-electron chi connectivity index (χ2n) is 4.61. The van der Waals surface area contributed by atoms with E-state index in [-0.39, 0.29) is 12.0 Å². The van der Waals surface area contributed by atoms with Gasteiger partial charge in [0.05, 0.1) is 24.3 Å². The lowest BCUT2D eigenvalue weighted by atomic mass is 10.1. The Balaban J connectivity index is 1.87. The maximum atomic E-state index is 11.3. The predicted molar refractivity (Wildman–Crippen MR) is 50.9 cm³/mol. The molecule has 2 bridgehead atoms. The van der Waals surface area contributed by atoms with Crippen LogP contribution in [0.5, 0.6) is 0 Å². The van der Waals surface area contributed by atoms with Gasteiger partial charge >= 0.3 is 0 Å². The minimum Gasteiger partial charge on any atom is -0.370 e. The third kappa shape index (κ3) is 0.929. The van der Waals surface area contributed by atoms with Crippen LogP contribution in [-0.2, 0) is 9.53 Å². The van der Waals surface area contributed by atoms with Crippen molar-refractivity contribution in [3.05, 3.63) is 0 Å². The molecule has 4 atom stereocenters. The number of ether oxygens (including phenoxy) is 1. The fraction of sp³-hybridized carbons (Fsp3) is 0.900. The Morgan fingerprint density at radius 2 is 2.29 bits per heavy atom. The average molecular weight is 196 g/mol. The first-order valence-electron chi connectivity index (χ1n) is 5.31. The van der Waals surface area contributed by atoms with Crippen molar-refractivity contribution in [3.8, 4) is 0 Å². The van der Waals surface area contributed by atoms with E-state index >= 15 is 0 Å². The first kappa shape index (κ1) is 8.68. The monoisotopic (exact) mass is 196 g/mol. The van der Waals surface area contributed by atoms with Gasteiger partial charge in [-0.2, -0.15) is 0 Å². The van der Waals surface area contributed by atoms with Crippen LogP contribution in [0.2, 0.25) is 0 Å². The van der Waals surface area contributed by atoms with E-state index in [9.17, 15) is 4.79 Å². The van der Waals surface area contributed by atoms with Crippen LogP contribution in [0.3, 0.4) is 0 Å². The van der Waals surface area contributed by atoms with Gasteiger partial charge < -0.3 is 9.64 Å². The molecule has 14 heavy (non-hydrogen) atoms. The number of amides is 1. The van der Waals surface area contributed by atoms with Crippen LogP contribution in [0.1, 0.15) is 13.3 Å². The van der Waals surface area contributed by atoms with Gasteiger partial charge in [-0.15, -0.1) is 0 Å². The molecule has 0 N–H and O–H groups in total. The van der Waals surface area contributed by atoms with E-state index in [4.69, 9.17) is 4.74 Å².